The van der Waals surface area contributed by atoms with Gasteiger partial charge in [0, 0.05) is 18.4 Å². The van der Waals surface area contributed by atoms with Crippen molar-refractivity contribution in [2.24, 2.45) is 0 Å². The van der Waals surface area contributed by atoms with Crippen molar-refractivity contribution in [2.75, 3.05) is 0 Å². The fourth-order valence-corrected chi connectivity index (χ4v) is 2.58. The van der Waals surface area contributed by atoms with E-state index in [9.17, 15) is 0 Å². The van der Waals surface area contributed by atoms with Crippen LogP contribution in [-0.2, 0) is 13.0 Å². The summed E-state index contributed by atoms with van der Waals surface area (Å²) in [5.74, 6) is 0. The van der Waals surface area contributed by atoms with Crippen LogP contribution in [0.3, 0.4) is 0 Å². The average Bonchev–Trinajstić information content (AvgIpc) is 2.84. The first kappa shape index (κ1) is 15.3. The van der Waals surface area contributed by atoms with E-state index in [0.29, 0.717) is 0 Å². The highest BCUT2D eigenvalue weighted by Gasteiger charge is 1.97. The minimum atomic E-state index is 1.16. The van der Waals surface area contributed by atoms with E-state index in [1.807, 2.05) is 0 Å². The van der Waals surface area contributed by atoms with Crippen LogP contribution in [-0.4, -0.2) is 4.57 Å². The van der Waals surface area contributed by atoms with Crippen LogP contribution in [0.25, 0.3) is 0 Å². The van der Waals surface area contributed by atoms with Crippen molar-refractivity contribution in [3.05, 3.63) is 24.0 Å². The molecule has 0 saturated heterocycles. The predicted molar refractivity (Wildman–Crippen MR) is 81.0 cm³/mol. The van der Waals surface area contributed by atoms with Crippen molar-refractivity contribution in [3.8, 4) is 0 Å². The van der Waals surface area contributed by atoms with Crippen LogP contribution in [0.1, 0.15) is 77.3 Å². The molecule has 0 amide bonds. The van der Waals surface area contributed by atoms with Gasteiger partial charge in [-0.1, -0.05) is 65.2 Å². The highest BCUT2D eigenvalue weighted by molar-refractivity contribution is 5.06. The molecule has 0 saturated carbocycles. The number of nitrogens with zero attached hydrogens (tertiary/aromatic N) is 1. The fourth-order valence-electron chi connectivity index (χ4n) is 2.58. The lowest BCUT2D eigenvalue weighted by molar-refractivity contribution is 0.534. The second kappa shape index (κ2) is 10.2. The lowest BCUT2D eigenvalue weighted by atomic mass is 10.1. The van der Waals surface area contributed by atoms with Gasteiger partial charge in [-0.15, -0.1) is 0 Å². The Balaban J connectivity index is 1.92. The molecule has 1 rings (SSSR count). The van der Waals surface area contributed by atoms with Gasteiger partial charge in [-0.2, -0.15) is 0 Å². The fraction of sp³-hybridized carbons (Fsp3) is 0.765. The molecule has 1 nitrogen and oxygen atoms in total. The molecule has 0 N–H and O–H groups in total. The van der Waals surface area contributed by atoms with Crippen LogP contribution < -0.4 is 0 Å². The highest BCUT2D eigenvalue weighted by atomic mass is 15.0. The number of unbranched alkanes of at least 4 members (excludes halogenated alkanes) is 8. The summed E-state index contributed by atoms with van der Waals surface area (Å²) < 4.78 is 2.42. The maximum absolute atomic E-state index is 2.42. The molecule has 0 fully saturated rings. The molecule has 1 heteroatoms. The standard InChI is InChI=1S/C17H31N/c1-3-5-6-7-8-9-10-11-12-15-18-16-13-14-17(18)4-2/h13-14,16H,3-12,15H2,1-2H3. The van der Waals surface area contributed by atoms with Gasteiger partial charge in [0.05, 0.1) is 0 Å². The Labute approximate surface area is 114 Å². The van der Waals surface area contributed by atoms with Crippen molar-refractivity contribution < 1.29 is 0 Å². The monoisotopic (exact) mass is 249 g/mol. The molecule has 0 aliphatic rings. The van der Waals surface area contributed by atoms with E-state index in [0.717, 1.165) is 6.42 Å². The zero-order valence-corrected chi connectivity index (χ0v) is 12.5. The van der Waals surface area contributed by atoms with Gasteiger partial charge in [0.1, 0.15) is 0 Å². The first-order valence-corrected chi connectivity index (χ1v) is 8.02. The molecule has 0 atom stereocenters. The number of rotatable bonds is 11. The molecule has 0 unspecified atom stereocenters. The van der Waals surface area contributed by atoms with Gasteiger partial charge in [-0.25, -0.2) is 0 Å². The van der Waals surface area contributed by atoms with Crippen LogP contribution >= 0.6 is 0 Å². The summed E-state index contributed by atoms with van der Waals surface area (Å²) >= 11 is 0. The van der Waals surface area contributed by atoms with Crippen molar-refractivity contribution in [1.29, 1.82) is 0 Å². The van der Waals surface area contributed by atoms with E-state index in [-0.39, 0.29) is 0 Å². The number of hydrogen-bond donors (Lipinski definition) is 0. The van der Waals surface area contributed by atoms with Crippen molar-refractivity contribution in [3.63, 3.8) is 0 Å². The number of hydrogen-bond acceptors (Lipinski definition) is 0. The van der Waals surface area contributed by atoms with E-state index >= 15 is 0 Å². The molecule has 1 aromatic heterocycles. The molecular weight excluding hydrogens is 218 g/mol. The lowest BCUT2D eigenvalue weighted by Gasteiger charge is -2.07. The molecule has 0 aliphatic heterocycles. The van der Waals surface area contributed by atoms with Crippen LogP contribution in [0, 0.1) is 0 Å². The van der Waals surface area contributed by atoms with E-state index in [1.54, 1.807) is 0 Å². The summed E-state index contributed by atoms with van der Waals surface area (Å²) in [5, 5.41) is 0. The Kier molecular flexibility index (Phi) is 8.71. The van der Waals surface area contributed by atoms with Crippen LogP contribution in [0.4, 0.5) is 0 Å². The van der Waals surface area contributed by atoms with Gasteiger partial charge in [-0.05, 0) is 25.0 Å². The van der Waals surface area contributed by atoms with E-state index in [2.05, 4.69) is 36.7 Å². The van der Waals surface area contributed by atoms with Gasteiger partial charge in [0.25, 0.3) is 0 Å². The maximum atomic E-state index is 2.42. The molecule has 104 valence electrons. The first-order valence-electron chi connectivity index (χ1n) is 8.02. The molecule has 0 bridgehead atoms. The van der Waals surface area contributed by atoms with Gasteiger partial charge in [0.15, 0.2) is 0 Å². The van der Waals surface area contributed by atoms with Crippen LogP contribution in [0.2, 0.25) is 0 Å². The van der Waals surface area contributed by atoms with E-state index in [4.69, 9.17) is 0 Å². The third-order valence-electron chi connectivity index (χ3n) is 3.79. The Morgan fingerprint density at radius 1 is 0.833 bits per heavy atom. The predicted octanol–water partition coefficient (Wildman–Crippen LogP) is 5.58. The van der Waals surface area contributed by atoms with Crippen LogP contribution in [0.5, 0.6) is 0 Å². The largest absolute Gasteiger partial charge is 0.351 e. The minimum absolute atomic E-state index is 1.16. The first-order chi connectivity index (χ1) is 8.88. The Morgan fingerprint density at radius 2 is 1.44 bits per heavy atom. The number of aromatic nitrogens is 1. The van der Waals surface area contributed by atoms with E-state index in [1.165, 1.54) is 70.0 Å². The molecule has 0 spiro atoms. The molecule has 0 aromatic carbocycles. The quantitative estimate of drug-likeness (QED) is 0.451. The van der Waals surface area contributed by atoms with Gasteiger partial charge >= 0.3 is 0 Å². The third kappa shape index (κ3) is 6.28. The summed E-state index contributed by atoms with van der Waals surface area (Å²) in [6.07, 6.45) is 16.1. The molecule has 18 heavy (non-hydrogen) atoms. The average molecular weight is 249 g/mol. The molecule has 1 aromatic rings. The Bertz CT molecular complexity index is 288. The van der Waals surface area contributed by atoms with Gasteiger partial charge < -0.3 is 4.57 Å². The second-order valence-electron chi connectivity index (χ2n) is 5.37. The summed E-state index contributed by atoms with van der Waals surface area (Å²) in [7, 11) is 0. The highest BCUT2D eigenvalue weighted by Crippen LogP contribution is 2.11. The molecule has 0 radical (unpaired) electrons. The third-order valence-corrected chi connectivity index (χ3v) is 3.79. The minimum Gasteiger partial charge on any atom is -0.351 e. The van der Waals surface area contributed by atoms with Gasteiger partial charge in [0.2, 0.25) is 0 Å². The normalized spacial score (nSPS) is 11.0. The Hall–Kier alpha value is -0.720. The zero-order valence-electron chi connectivity index (χ0n) is 12.5. The summed E-state index contributed by atoms with van der Waals surface area (Å²) in [6.45, 7) is 5.74. The smallest absolute Gasteiger partial charge is 0.0222 e. The van der Waals surface area contributed by atoms with Crippen LogP contribution in [0.15, 0.2) is 18.3 Å². The van der Waals surface area contributed by atoms with Crippen molar-refractivity contribution in [1.82, 2.24) is 4.57 Å². The maximum Gasteiger partial charge on any atom is 0.0222 e. The van der Waals surface area contributed by atoms with E-state index < -0.39 is 0 Å². The van der Waals surface area contributed by atoms with Crippen molar-refractivity contribution in [2.45, 2.75) is 84.6 Å². The van der Waals surface area contributed by atoms with Crippen molar-refractivity contribution >= 4 is 0 Å². The second-order valence-corrected chi connectivity index (χ2v) is 5.37. The summed E-state index contributed by atoms with van der Waals surface area (Å²) in [6, 6.07) is 4.42. The topological polar surface area (TPSA) is 4.93 Å². The SMILES string of the molecule is CCCCCCCCCCCn1cccc1CC. The molecule has 1 heterocycles. The summed E-state index contributed by atoms with van der Waals surface area (Å²) in [4.78, 5) is 0. The summed E-state index contributed by atoms with van der Waals surface area (Å²) in [5.41, 5.74) is 1.48. The zero-order chi connectivity index (χ0) is 13.1. The Morgan fingerprint density at radius 3 is 2.06 bits per heavy atom. The molecular formula is C17H31N. The lowest BCUT2D eigenvalue weighted by Crippen LogP contribution is -2.00. The molecule has 0 aliphatic carbocycles. The number of aryl methyl sites for hydroxylation is 2. The van der Waals surface area contributed by atoms with Gasteiger partial charge in [-0.3, -0.25) is 0 Å².